The lowest BCUT2D eigenvalue weighted by molar-refractivity contribution is -0.149. The Labute approximate surface area is 262 Å². The zero-order valence-corrected chi connectivity index (χ0v) is 27.9. The van der Waals surface area contributed by atoms with E-state index in [-0.39, 0.29) is 30.6 Å². The van der Waals surface area contributed by atoms with E-state index in [1.165, 1.54) is 32.5 Å². The normalized spacial score (nSPS) is 14.6. The SMILES string of the molecule is COC(=O)C1CN(c2cc(C(C)C)ccc2C)CCC1=O.COC(=O)CCN(CCC(=O)OC)c1cc(C(C)C)ccc1C. The van der Waals surface area contributed by atoms with E-state index >= 15 is 0 Å². The van der Waals surface area contributed by atoms with Gasteiger partial charge < -0.3 is 24.0 Å². The van der Waals surface area contributed by atoms with Crippen LogP contribution < -0.4 is 9.80 Å². The molecule has 2 aromatic carbocycles. The highest BCUT2D eigenvalue weighted by Crippen LogP contribution is 2.29. The predicted molar refractivity (Wildman–Crippen MR) is 173 cm³/mol. The molecule has 1 heterocycles. The van der Waals surface area contributed by atoms with Gasteiger partial charge in [0.25, 0.3) is 0 Å². The Morgan fingerprint density at radius 1 is 0.818 bits per heavy atom. The van der Waals surface area contributed by atoms with Gasteiger partial charge in [-0.25, -0.2) is 0 Å². The lowest BCUT2D eigenvalue weighted by atomic mass is 9.94. The molecular formula is C35H50N2O7. The maximum atomic E-state index is 11.9. The Hall–Kier alpha value is -3.88. The van der Waals surface area contributed by atoms with E-state index in [9.17, 15) is 19.2 Å². The number of anilines is 2. The van der Waals surface area contributed by atoms with Crippen LogP contribution in [0.25, 0.3) is 0 Å². The number of methoxy groups -OCH3 is 3. The highest BCUT2D eigenvalue weighted by molar-refractivity contribution is 6.00. The number of hydrogen-bond donors (Lipinski definition) is 0. The van der Waals surface area contributed by atoms with Crippen LogP contribution in [0, 0.1) is 19.8 Å². The number of esters is 3. The van der Waals surface area contributed by atoms with Crippen molar-refractivity contribution >= 4 is 35.1 Å². The van der Waals surface area contributed by atoms with E-state index in [2.05, 4.69) is 80.8 Å². The average molecular weight is 611 g/mol. The largest absolute Gasteiger partial charge is 0.469 e. The molecule has 0 bridgehead atoms. The van der Waals surface area contributed by atoms with Crippen LogP contribution in [-0.4, -0.2) is 71.2 Å². The van der Waals surface area contributed by atoms with Crippen LogP contribution in [0.1, 0.15) is 81.0 Å². The number of rotatable bonds is 11. The summed E-state index contributed by atoms with van der Waals surface area (Å²) in [4.78, 5) is 50.8. The third-order valence-corrected chi connectivity index (χ3v) is 8.01. The topological polar surface area (TPSA) is 102 Å². The van der Waals surface area contributed by atoms with E-state index in [1.54, 1.807) is 0 Å². The van der Waals surface area contributed by atoms with Crippen LogP contribution in [0.3, 0.4) is 0 Å². The van der Waals surface area contributed by atoms with Crippen molar-refractivity contribution in [1.29, 1.82) is 0 Å². The fourth-order valence-corrected chi connectivity index (χ4v) is 5.06. The van der Waals surface area contributed by atoms with Crippen LogP contribution in [0.2, 0.25) is 0 Å². The Bertz CT molecular complexity index is 1260. The summed E-state index contributed by atoms with van der Waals surface area (Å²) in [7, 11) is 4.09. The molecule has 0 amide bonds. The lowest BCUT2D eigenvalue weighted by Crippen LogP contribution is -2.45. The first kappa shape index (κ1) is 36.3. The number of hydrogen-bond acceptors (Lipinski definition) is 9. The highest BCUT2D eigenvalue weighted by Gasteiger charge is 2.34. The molecule has 1 aliphatic rings. The number of nitrogens with zero attached hydrogens (tertiary/aromatic N) is 2. The summed E-state index contributed by atoms with van der Waals surface area (Å²) in [5.74, 6) is -0.759. The number of carbonyl (C=O) groups is 4. The maximum absolute atomic E-state index is 11.9. The molecule has 0 aromatic heterocycles. The van der Waals surface area contributed by atoms with Gasteiger partial charge in [0.2, 0.25) is 0 Å². The summed E-state index contributed by atoms with van der Waals surface area (Å²) in [6.07, 6.45) is 0.956. The first-order valence-corrected chi connectivity index (χ1v) is 15.3. The molecule has 0 saturated carbocycles. The minimum atomic E-state index is -0.661. The van der Waals surface area contributed by atoms with E-state index < -0.39 is 11.9 Å². The molecule has 1 atom stereocenters. The summed E-state index contributed by atoms with van der Waals surface area (Å²) < 4.78 is 14.2. The molecule has 0 spiro atoms. The van der Waals surface area contributed by atoms with Gasteiger partial charge >= 0.3 is 17.9 Å². The van der Waals surface area contributed by atoms with Gasteiger partial charge in [-0.3, -0.25) is 19.2 Å². The smallest absolute Gasteiger partial charge is 0.318 e. The van der Waals surface area contributed by atoms with E-state index in [1.807, 2.05) is 6.92 Å². The molecule has 0 aliphatic carbocycles. The molecule has 1 unspecified atom stereocenters. The molecule has 1 saturated heterocycles. The van der Waals surface area contributed by atoms with Crippen molar-refractivity contribution in [3.63, 3.8) is 0 Å². The van der Waals surface area contributed by atoms with Crippen molar-refractivity contribution in [2.45, 2.75) is 72.6 Å². The Balaban J connectivity index is 0.000000308. The highest BCUT2D eigenvalue weighted by atomic mass is 16.5. The van der Waals surface area contributed by atoms with Gasteiger partial charge in [0.1, 0.15) is 5.92 Å². The zero-order chi connectivity index (χ0) is 33.0. The standard InChI is InChI=1S/C18H27NO4.C17H23NO3/c1-13(2)15-7-6-14(3)16(12-15)19(10-8-17(20)22-4)11-9-18(21)23-5;1-11(2)13-6-5-12(3)15(9-13)18-8-7-16(19)14(10-18)17(20)21-4/h6-7,12-13H,8-11H2,1-5H3;5-6,9,11,14H,7-8,10H2,1-4H3. The molecule has 2 aromatic rings. The van der Waals surface area contributed by atoms with Gasteiger partial charge in [0, 0.05) is 44.0 Å². The van der Waals surface area contributed by atoms with Crippen LogP contribution in [0.4, 0.5) is 11.4 Å². The van der Waals surface area contributed by atoms with E-state index in [0.717, 1.165) is 22.5 Å². The van der Waals surface area contributed by atoms with Crippen molar-refractivity contribution in [3.05, 3.63) is 58.7 Å². The third kappa shape index (κ3) is 10.4. The molecular weight excluding hydrogens is 560 g/mol. The first-order valence-electron chi connectivity index (χ1n) is 15.3. The molecule has 1 fully saturated rings. The predicted octanol–water partition coefficient (Wildman–Crippen LogP) is 5.74. The number of benzene rings is 2. The number of Topliss-reactive ketones (excluding diaryl/α,β-unsaturated/α-hetero) is 1. The third-order valence-electron chi connectivity index (χ3n) is 8.01. The molecule has 9 heteroatoms. The minimum absolute atomic E-state index is 0.0178. The maximum Gasteiger partial charge on any atom is 0.318 e. The Morgan fingerprint density at radius 2 is 1.34 bits per heavy atom. The van der Waals surface area contributed by atoms with E-state index in [4.69, 9.17) is 14.2 Å². The Morgan fingerprint density at radius 3 is 1.84 bits per heavy atom. The summed E-state index contributed by atoms with van der Waals surface area (Å²) in [5, 5.41) is 0. The second-order valence-electron chi connectivity index (χ2n) is 11.8. The summed E-state index contributed by atoms with van der Waals surface area (Å²) in [5.41, 5.74) is 6.93. The van der Waals surface area contributed by atoms with Crippen molar-refractivity contribution in [1.82, 2.24) is 0 Å². The van der Waals surface area contributed by atoms with Crippen molar-refractivity contribution < 1.29 is 33.4 Å². The quantitative estimate of drug-likeness (QED) is 0.179. The lowest BCUT2D eigenvalue weighted by Gasteiger charge is -2.33. The number of piperidine rings is 1. The number of carbonyl (C=O) groups excluding carboxylic acids is 4. The monoisotopic (exact) mass is 610 g/mol. The van der Waals surface area contributed by atoms with Crippen molar-refractivity contribution in [2.24, 2.45) is 5.92 Å². The minimum Gasteiger partial charge on any atom is -0.469 e. The van der Waals surface area contributed by atoms with Crippen LogP contribution in [-0.2, 0) is 33.4 Å². The van der Waals surface area contributed by atoms with Crippen LogP contribution in [0.15, 0.2) is 36.4 Å². The molecule has 0 radical (unpaired) electrons. The van der Waals surface area contributed by atoms with Gasteiger partial charge in [-0.1, -0.05) is 52.0 Å². The second-order valence-corrected chi connectivity index (χ2v) is 11.8. The van der Waals surface area contributed by atoms with Gasteiger partial charge in [-0.05, 0) is 60.1 Å². The zero-order valence-electron chi connectivity index (χ0n) is 27.9. The molecule has 9 nitrogen and oxygen atoms in total. The van der Waals surface area contributed by atoms with E-state index in [0.29, 0.717) is 44.4 Å². The molecule has 44 heavy (non-hydrogen) atoms. The van der Waals surface area contributed by atoms with Crippen LogP contribution in [0.5, 0.6) is 0 Å². The van der Waals surface area contributed by atoms with Gasteiger partial charge in [-0.2, -0.15) is 0 Å². The van der Waals surface area contributed by atoms with Gasteiger partial charge in [0.05, 0.1) is 34.2 Å². The fourth-order valence-electron chi connectivity index (χ4n) is 5.06. The molecule has 1 aliphatic heterocycles. The fraction of sp³-hybridized carbons (Fsp3) is 0.543. The molecule has 0 N–H and O–H groups in total. The van der Waals surface area contributed by atoms with Gasteiger partial charge in [-0.15, -0.1) is 0 Å². The number of ketones is 1. The number of ether oxygens (including phenoxy) is 3. The average Bonchev–Trinajstić information content (AvgIpc) is 3.01. The number of aryl methyl sites for hydroxylation is 2. The first-order chi connectivity index (χ1) is 20.8. The summed E-state index contributed by atoms with van der Waals surface area (Å²) >= 11 is 0. The van der Waals surface area contributed by atoms with Crippen LogP contribution >= 0.6 is 0 Å². The second kappa shape index (κ2) is 17.4. The Kier molecular flexibility index (Phi) is 14.4. The van der Waals surface area contributed by atoms with Gasteiger partial charge in [0.15, 0.2) is 5.78 Å². The summed E-state index contributed by atoms with van der Waals surface area (Å²) in [6, 6.07) is 12.7. The molecule has 242 valence electrons. The van der Waals surface area contributed by atoms with Crippen molar-refractivity contribution in [2.75, 3.05) is 57.3 Å². The van der Waals surface area contributed by atoms with Crippen molar-refractivity contribution in [3.8, 4) is 0 Å². The molecule has 3 rings (SSSR count). The summed E-state index contributed by atoms with van der Waals surface area (Å²) in [6.45, 7) is 14.8.